The summed E-state index contributed by atoms with van der Waals surface area (Å²) in [5.41, 5.74) is 0.715. The van der Waals surface area contributed by atoms with Gasteiger partial charge in [0.2, 0.25) is 5.91 Å². The number of hydrogen-bond donors (Lipinski definition) is 0. The number of rotatable bonds is 9. The molecule has 1 amide bonds. The van der Waals surface area contributed by atoms with Crippen molar-refractivity contribution >= 4 is 56.0 Å². The minimum atomic E-state index is -0.294. The quantitative estimate of drug-likeness (QED) is 0.399. The SMILES string of the molecule is CN(C)CCCN(C(=O)CCSc1ccc(Cl)cc1)c1nc2ccc(F)cc2s1. The van der Waals surface area contributed by atoms with Crippen molar-refractivity contribution in [2.75, 3.05) is 37.8 Å². The van der Waals surface area contributed by atoms with Gasteiger partial charge in [-0.1, -0.05) is 22.9 Å². The van der Waals surface area contributed by atoms with Crippen molar-refractivity contribution < 1.29 is 9.18 Å². The van der Waals surface area contributed by atoms with Gasteiger partial charge in [-0.25, -0.2) is 9.37 Å². The van der Waals surface area contributed by atoms with Gasteiger partial charge in [0.25, 0.3) is 0 Å². The number of carbonyl (C=O) groups excluding carboxylic acids is 1. The summed E-state index contributed by atoms with van der Waals surface area (Å²) in [5, 5.41) is 1.33. The maximum Gasteiger partial charge on any atom is 0.229 e. The highest BCUT2D eigenvalue weighted by atomic mass is 35.5. The highest BCUT2D eigenvalue weighted by molar-refractivity contribution is 7.99. The first-order chi connectivity index (χ1) is 13.9. The van der Waals surface area contributed by atoms with Crippen molar-refractivity contribution in [1.29, 1.82) is 0 Å². The number of benzene rings is 2. The fourth-order valence-electron chi connectivity index (χ4n) is 2.80. The van der Waals surface area contributed by atoms with Crippen molar-refractivity contribution in [3.05, 3.63) is 53.3 Å². The number of hydrogen-bond acceptors (Lipinski definition) is 5. The van der Waals surface area contributed by atoms with E-state index in [-0.39, 0.29) is 11.7 Å². The van der Waals surface area contributed by atoms with Gasteiger partial charge in [0.15, 0.2) is 5.13 Å². The van der Waals surface area contributed by atoms with Crippen molar-refractivity contribution in [1.82, 2.24) is 9.88 Å². The van der Waals surface area contributed by atoms with Crippen LogP contribution in [0.25, 0.3) is 10.2 Å². The van der Waals surface area contributed by atoms with Crippen LogP contribution in [0.15, 0.2) is 47.4 Å². The molecule has 3 aromatic rings. The molecule has 0 aliphatic carbocycles. The number of thioether (sulfide) groups is 1. The molecule has 0 saturated heterocycles. The van der Waals surface area contributed by atoms with Crippen LogP contribution >= 0.6 is 34.7 Å². The summed E-state index contributed by atoms with van der Waals surface area (Å²) in [6.07, 6.45) is 1.24. The molecule has 0 N–H and O–H groups in total. The predicted molar refractivity (Wildman–Crippen MR) is 122 cm³/mol. The Hall–Kier alpha value is -1.67. The molecule has 4 nitrogen and oxygen atoms in total. The zero-order chi connectivity index (χ0) is 20.8. The van der Waals surface area contributed by atoms with Crippen LogP contribution in [0.1, 0.15) is 12.8 Å². The topological polar surface area (TPSA) is 36.4 Å². The summed E-state index contributed by atoms with van der Waals surface area (Å²) in [6, 6.07) is 12.1. The van der Waals surface area contributed by atoms with Gasteiger partial charge in [-0.2, -0.15) is 0 Å². The maximum atomic E-state index is 13.5. The number of amides is 1. The summed E-state index contributed by atoms with van der Waals surface area (Å²) >= 11 is 8.90. The van der Waals surface area contributed by atoms with Gasteiger partial charge >= 0.3 is 0 Å². The molecule has 1 aromatic heterocycles. The molecule has 0 atom stereocenters. The Kier molecular flexibility index (Phi) is 7.89. The van der Waals surface area contributed by atoms with E-state index in [0.717, 1.165) is 22.6 Å². The molecular formula is C21H23ClFN3OS2. The third kappa shape index (κ3) is 6.40. The molecule has 0 aliphatic heterocycles. The fraction of sp³-hybridized carbons (Fsp3) is 0.333. The molecule has 29 heavy (non-hydrogen) atoms. The standard InChI is InChI=1S/C21H23ClFN3OS2/c1-25(2)11-3-12-26(21-24-18-9-6-16(23)14-19(18)29-21)20(27)10-13-28-17-7-4-15(22)5-8-17/h4-9,14H,3,10-13H2,1-2H3. The van der Waals surface area contributed by atoms with Crippen LogP contribution in [0.4, 0.5) is 9.52 Å². The first-order valence-corrected chi connectivity index (χ1v) is 11.5. The van der Waals surface area contributed by atoms with Gasteiger partial charge in [0.1, 0.15) is 5.82 Å². The summed E-state index contributed by atoms with van der Waals surface area (Å²) in [6.45, 7) is 1.47. The molecule has 1 heterocycles. The molecule has 0 aliphatic rings. The van der Waals surface area contributed by atoms with Crippen LogP contribution < -0.4 is 4.90 Å². The molecule has 3 rings (SSSR count). The average molecular weight is 452 g/mol. The van der Waals surface area contributed by atoms with E-state index in [1.54, 1.807) is 22.7 Å². The van der Waals surface area contributed by atoms with Crippen molar-refractivity contribution in [2.45, 2.75) is 17.7 Å². The molecule has 154 valence electrons. The lowest BCUT2D eigenvalue weighted by Crippen LogP contribution is -2.33. The van der Waals surface area contributed by atoms with E-state index in [1.165, 1.54) is 23.5 Å². The molecule has 0 radical (unpaired) electrons. The zero-order valence-corrected chi connectivity index (χ0v) is 18.8. The molecule has 2 aromatic carbocycles. The fourth-order valence-corrected chi connectivity index (χ4v) is 4.80. The summed E-state index contributed by atoms with van der Waals surface area (Å²) < 4.78 is 14.3. The molecule has 0 spiro atoms. The second-order valence-electron chi connectivity index (χ2n) is 6.86. The number of nitrogens with zero attached hydrogens (tertiary/aromatic N) is 3. The third-order valence-electron chi connectivity index (χ3n) is 4.26. The number of thiazole rings is 1. The Bertz CT molecular complexity index is 962. The highest BCUT2D eigenvalue weighted by Crippen LogP contribution is 2.30. The Morgan fingerprint density at radius 1 is 1.17 bits per heavy atom. The summed E-state index contributed by atoms with van der Waals surface area (Å²) in [4.78, 5) is 22.5. The van der Waals surface area contributed by atoms with Gasteiger partial charge in [0.05, 0.1) is 10.2 Å². The van der Waals surface area contributed by atoms with Gasteiger partial charge < -0.3 is 4.90 Å². The number of anilines is 1. The second kappa shape index (κ2) is 10.4. The van der Waals surface area contributed by atoms with E-state index in [4.69, 9.17) is 11.6 Å². The number of aromatic nitrogens is 1. The first kappa shape index (κ1) is 22.0. The zero-order valence-electron chi connectivity index (χ0n) is 16.4. The average Bonchev–Trinajstić information content (AvgIpc) is 3.09. The Morgan fingerprint density at radius 2 is 1.93 bits per heavy atom. The van der Waals surface area contributed by atoms with Crippen molar-refractivity contribution in [2.24, 2.45) is 0 Å². The minimum Gasteiger partial charge on any atom is -0.309 e. The van der Waals surface area contributed by atoms with Crippen LogP contribution in [-0.2, 0) is 4.79 Å². The van der Waals surface area contributed by atoms with Crippen LogP contribution in [0.3, 0.4) is 0 Å². The number of carbonyl (C=O) groups is 1. The largest absolute Gasteiger partial charge is 0.309 e. The van der Waals surface area contributed by atoms with Crippen LogP contribution in [0.5, 0.6) is 0 Å². The second-order valence-corrected chi connectivity index (χ2v) is 9.48. The normalized spacial score (nSPS) is 11.3. The molecule has 0 saturated carbocycles. The van der Waals surface area contributed by atoms with E-state index in [1.807, 2.05) is 38.4 Å². The highest BCUT2D eigenvalue weighted by Gasteiger charge is 2.19. The van der Waals surface area contributed by atoms with Crippen LogP contribution in [0, 0.1) is 5.82 Å². The van der Waals surface area contributed by atoms with Crippen molar-refractivity contribution in [3.8, 4) is 0 Å². The van der Waals surface area contributed by atoms with Crippen molar-refractivity contribution in [3.63, 3.8) is 0 Å². The minimum absolute atomic E-state index is 0.0322. The lowest BCUT2D eigenvalue weighted by Gasteiger charge is -2.21. The Morgan fingerprint density at radius 3 is 2.66 bits per heavy atom. The van der Waals surface area contributed by atoms with Gasteiger partial charge in [-0.3, -0.25) is 9.69 Å². The Labute approximate surface area is 183 Å². The van der Waals surface area contributed by atoms with Gasteiger partial charge in [0, 0.05) is 28.6 Å². The van der Waals surface area contributed by atoms with E-state index < -0.39 is 0 Å². The molecule has 0 unspecified atom stereocenters. The molecular weight excluding hydrogens is 429 g/mol. The molecule has 0 bridgehead atoms. The first-order valence-electron chi connectivity index (χ1n) is 9.32. The molecule has 0 fully saturated rings. The summed E-state index contributed by atoms with van der Waals surface area (Å²) in [5.74, 6) is 0.409. The third-order valence-corrected chi connectivity index (χ3v) is 6.56. The lowest BCUT2D eigenvalue weighted by molar-refractivity contribution is -0.118. The number of halogens is 2. The number of fused-ring (bicyclic) bond motifs is 1. The Balaban J connectivity index is 1.69. The van der Waals surface area contributed by atoms with E-state index >= 15 is 0 Å². The lowest BCUT2D eigenvalue weighted by atomic mass is 10.3. The van der Waals surface area contributed by atoms with E-state index in [2.05, 4.69) is 9.88 Å². The van der Waals surface area contributed by atoms with Crippen LogP contribution in [-0.4, -0.2) is 48.7 Å². The monoisotopic (exact) mass is 451 g/mol. The summed E-state index contributed by atoms with van der Waals surface area (Å²) in [7, 11) is 4.02. The van der Waals surface area contributed by atoms with Gasteiger partial charge in [-0.15, -0.1) is 11.8 Å². The van der Waals surface area contributed by atoms with Gasteiger partial charge in [-0.05, 0) is 69.5 Å². The van der Waals surface area contributed by atoms with E-state index in [9.17, 15) is 9.18 Å². The molecule has 8 heteroatoms. The van der Waals surface area contributed by atoms with E-state index in [0.29, 0.717) is 34.4 Å². The maximum absolute atomic E-state index is 13.5. The predicted octanol–water partition coefficient (Wildman–Crippen LogP) is 5.56. The smallest absolute Gasteiger partial charge is 0.229 e. The van der Waals surface area contributed by atoms with Crippen LogP contribution in [0.2, 0.25) is 5.02 Å².